The molecule has 0 aromatic heterocycles. The molecule has 0 saturated carbocycles. The van der Waals surface area contributed by atoms with Crippen LogP contribution in [0.3, 0.4) is 0 Å². The number of ether oxygens (including phenoxy) is 2. The Morgan fingerprint density at radius 2 is 1.86 bits per heavy atom. The molecule has 2 amide bonds. The molecule has 2 aromatic rings. The summed E-state index contributed by atoms with van der Waals surface area (Å²) < 4.78 is 10.7. The van der Waals surface area contributed by atoms with E-state index in [2.05, 4.69) is 0 Å². The molecular formula is C21H23ClN2O5. The minimum atomic E-state index is -0.866. The lowest BCUT2D eigenvalue weighted by Gasteiger charge is -2.23. The normalized spacial score (nSPS) is 17.1. The third kappa shape index (κ3) is 4.81. The van der Waals surface area contributed by atoms with Gasteiger partial charge >= 0.3 is 0 Å². The van der Waals surface area contributed by atoms with Gasteiger partial charge in [0.25, 0.3) is 5.91 Å². The number of carbonyl (C=O) groups is 2. The van der Waals surface area contributed by atoms with Crippen molar-refractivity contribution in [1.29, 1.82) is 0 Å². The average Bonchev–Trinajstić information content (AvgIpc) is 2.85. The Kier molecular flexibility index (Phi) is 6.61. The molecule has 1 atom stereocenters. The van der Waals surface area contributed by atoms with Crippen LogP contribution in [0.25, 0.3) is 0 Å². The third-order valence-corrected chi connectivity index (χ3v) is 5.02. The molecule has 8 heteroatoms. The standard InChI is InChI=1S/C21H23ClN2O5/c1-28-18-5-3-4-15(20(18)29-2)10-23-11-17(25)12-24(13-19(23)26)21(27)14-6-8-16(22)9-7-14/h3-9,17,25H,10-13H2,1-2H3. The molecule has 2 aromatic carbocycles. The van der Waals surface area contributed by atoms with Gasteiger partial charge in [0.15, 0.2) is 11.5 Å². The van der Waals surface area contributed by atoms with Crippen LogP contribution in [0.15, 0.2) is 42.5 Å². The first kappa shape index (κ1) is 21.0. The second kappa shape index (κ2) is 9.15. The minimum absolute atomic E-state index is 0.0684. The van der Waals surface area contributed by atoms with E-state index in [1.807, 2.05) is 12.1 Å². The number of rotatable bonds is 5. The first-order chi connectivity index (χ1) is 13.9. The summed E-state index contributed by atoms with van der Waals surface area (Å²) >= 11 is 5.87. The van der Waals surface area contributed by atoms with Gasteiger partial charge in [0, 0.05) is 35.8 Å². The van der Waals surface area contributed by atoms with Gasteiger partial charge in [-0.3, -0.25) is 9.59 Å². The smallest absolute Gasteiger partial charge is 0.254 e. The summed E-state index contributed by atoms with van der Waals surface area (Å²) in [4.78, 5) is 28.5. The van der Waals surface area contributed by atoms with Gasteiger partial charge in [0.2, 0.25) is 5.91 Å². The number of aliphatic hydroxyl groups is 1. The molecule has 3 rings (SSSR count). The monoisotopic (exact) mass is 418 g/mol. The number of nitrogens with zero attached hydrogens (tertiary/aromatic N) is 2. The van der Waals surface area contributed by atoms with E-state index < -0.39 is 6.10 Å². The molecule has 29 heavy (non-hydrogen) atoms. The van der Waals surface area contributed by atoms with E-state index in [4.69, 9.17) is 21.1 Å². The van der Waals surface area contributed by atoms with E-state index in [1.54, 1.807) is 37.4 Å². The van der Waals surface area contributed by atoms with Crippen LogP contribution in [-0.4, -0.2) is 66.7 Å². The number of halogens is 1. The zero-order valence-electron chi connectivity index (χ0n) is 16.3. The second-order valence-corrected chi connectivity index (χ2v) is 7.21. The molecule has 0 bridgehead atoms. The summed E-state index contributed by atoms with van der Waals surface area (Å²) in [6.45, 7) is 0.298. The second-order valence-electron chi connectivity index (χ2n) is 6.77. The molecule has 154 valence electrons. The quantitative estimate of drug-likeness (QED) is 0.805. The van der Waals surface area contributed by atoms with E-state index in [-0.39, 0.29) is 38.0 Å². The highest BCUT2D eigenvalue weighted by atomic mass is 35.5. The molecule has 0 spiro atoms. The zero-order chi connectivity index (χ0) is 21.0. The highest BCUT2D eigenvalue weighted by Crippen LogP contribution is 2.31. The van der Waals surface area contributed by atoms with Crippen LogP contribution in [0, 0.1) is 0 Å². The van der Waals surface area contributed by atoms with E-state index in [0.29, 0.717) is 22.1 Å². The number of aliphatic hydroxyl groups excluding tert-OH is 1. The molecule has 1 heterocycles. The molecule has 0 aliphatic carbocycles. The molecule has 1 N–H and O–H groups in total. The number of amides is 2. The number of methoxy groups -OCH3 is 2. The van der Waals surface area contributed by atoms with Crippen LogP contribution < -0.4 is 9.47 Å². The Morgan fingerprint density at radius 3 is 2.52 bits per heavy atom. The fourth-order valence-corrected chi connectivity index (χ4v) is 3.49. The summed E-state index contributed by atoms with van der Waals surface area (Å²) in [5.41, 5.74) is 1.17. The van der Waals surface area contributed by atoms with Crippen LogP contribution >= 0.6 is 11.6 Å². The van der Waals surface area contributed by atoms with Gasteiger partial charge < -0.3 is 24.4 Å². The first-order valence-electron chi connectivity index (χ1n) is 9.13. The van der Waals surface area contributed by atoms with Gasteiger partial charge in [0.1, 0.15) is 6.54 Å². The van der Waals surface area contributed by atoms with Crippen molar-refractivity contribution in [1.82, 2.24) is 9.80 Å². The Morgan fingerprint density at radius 1 is 1.14 bits per heavy atom. The molecule has 1 saturated heterocycles. The molecular weight excluding hydrogens is 396 g/mol. The molecule has 1 unspecified atom stereocenters. The summed E-state index contributed by atoms with van der Waals surface area (Å²) in [5, 5.41) is 10.9. The number of carbonyl (C=O) groups excluding carboxylic acids is 2. The van der Waals surface area contributed by atoms with E-state index in [9.17, 15) is 14.7 Å². The van der Waals surface area contributed by atoms with E-state index in [1.165, 1.54) is 16.9 Å². The zero-order valence-corrected chi connectivity index (χ0v) is 17.1. The predicted molar refractivity (Wildman–Crippen MR) is 108 cm³/mol. The number of hydrogen-bond donors (Lipinski definition) is 1. The molecule has 1 fully saturated rings. The Labute approximate surface area is 174 Å². The van der Waals surface area contributed by atoms with Crippen molar-refractivity contribution >= 4 is 23.4 Å². The average molecular weight is 419 g/mol. The Bertz CT molecular complexity index is 887. The summed E-state index contributed by atoms with van der Waals surface area (Å²) in [6, 6.07) is 11.9. The van der Waals surface area contributed by atoms with Gasteiger partial charge in [-0.25, -0.2) is 0 Å². The third-order valence-electron chi connectivity index (χ3n) is 4.77. The fraction of sp³-hybridized carbons (Fsp3) is 0.333. The van der Waals surface area contributed by atoms with Crippen molar-refractivity contribution in [2.75, 3.05) is 33.9 Å². The van der Waals surface area contributed by atoms with Crippen LogP contribution in [0.4, 0.5) is 0 Å². The Balaban J connectivity index is 1.78. The summed E-state index contributed by atoms with van der Waals surface area (Å²) in [5.74, 6) is 0.520. The van der Waals surface area contributed by atoms with Gasteiger partial charge in [-0.1, -0.05) is 23.7 Å². The van der Waals surface area contributed by atoms with Crippen LogP contribution in [-0.2, 0) is 11.3 Å². The minimum Gasteiger partial charge on any atom is -0.493 e. The van der Waals surface area contributed by atoms with Gasteiger partial charge in [0.05, 0.1) is 20.3 Å². The molecule has 7 nitrogen and oxygen atoms in total. The van der Waals surface area contributed by atoms with Crippen molar-refractivity contribution < 1.29 is 24.2 Å². The van der Waals surface area contributed by atoms with Gasteiger partial charge in [-0.05, 0) is 30.3 Å². The number of hydrogen-bond acceptors (Lipinski definition) is 5. The summed E-state index contributed by atoms with van der Waals surface area (Å²) in [6.07, 6.45) is -0.866. The van der Waals surface area contributed by atoms with Gasteiger partial charge in [-0.15, -0.1) is 0 Å². The highest BCUT2D eigenvalue weighted by Gasteiger charge is 2.30. The molecule has 0 radical (unpaired) electrons. The van der Waals surface area contributed by atoms with Crippen molar-refractivity contribution in [3.8, 4) is 11.5 Å². The van der Waals surface area contributed by atoms with Gasteiger partial charge in [-0.2, -0.15) is 0 Å². The number of para-hydroxylation sites is 1. The maximum absolute atomic E-state index is 12.8. The molecule has 1 aliphatic rings. The van der Waals surface area contributed by atoms with Crippen molar-refractivity contribution in [3.63, 3.8) is 0 Å². The maximum atomic E-state index is 12.8. The van der Waals surface area contributed by atoms with Crippen LogP contribution in [0.1, 0.15) is 15.9 Å². The largest absolute Gasteiger partial charge is 0.493 e. The van der Waals surface area contributed by atoms with Crippen molar-refractivity contribution in [2.45, 2.75) is 12.6 Å². The highest BCUT2D eigenvalue weighted by molar-refractivity contribution is 6.30. The topological polar surface area (TPSA) is 79.3 Å². The van der Waals surface area contributed by atoms with Crippen molar-refractivity contribution in [2.24, 2.45) is 0 Å². The number of benzene rings is 2. The predicted octanol–water partition coefficient (Wildman–Crippen LogP) is 2.20. The SMILES string of the molecule is COc1cccc(CN2CC(O)CN(C(=O)c3ccc(Cl)cc3)CC2=O)c1OC. The Hall–Kier alpha value is -2.77. The summed E-state index contributed by atoms with van der Waals surface area (Å²) in [7, 11) is 3.08. The van der Waals surface area contributed by atoms with Crippen molar-refractivity contribution in [3.05, 3.63) is 58.6 Å². The lowest BCUT2D eigenvalue weighted by atomic mass is 10.1. The first-order valence-corrected chi connectivity index (χ1v) is 9.51. The molecule has 1 aliphatic heterocycles. The van der Waals surface area contributed by atoms with E-state index >= 15 is 0 Å². The van der Waals surface area contributed by atoms with E-state index in [0.717, 1.165) is 5.56 Å². The lowest BCUT2D eigenvalue weighted by molar-refractivity contribution is -0.131. The number of β-amino-alcohol motifs (C(OH)–C–C–N with tert-alkyl or cyclic N) is 1. The lowest BCUT2D eigenvalue weighted by Crippen LogP contribution is -2.39. The maximum Gasteiger partial charge on any atom is 0.254 e. The van der Waals surface area contributed by atoms with Crippen LogP contribution in [0.2, 0.25) is 5.02 Å². The fourth-order valence-electron chi connectivity index (χ4n) is 3.36. The van der Waals surface area contributed by atoms with Crippen LogP contribution in [0.5, 0.6) is 11.5 Å².